The molecular formula is C58H84N4O6. The van der Waals surface area contributed by atoms with Crippen molar-refractivity contribution in [1.29, 1.82) is 0 Å². The predicted octanol–water partition coefficient (Wildman–Crippen LogP) is 8.72. The number of allylic oxidation sites excluding steroid dienone is 2. The van der Waals surface area contributed by atoms with Crippen molar-refractivity contribution in [2.45, 2.75) is 179 Å². The Morgan fingerprint density at radius 3 is 2.46 bits per heavy atom. The van der Waals surface area contributed by atoms with Gasteiger partial charge in [-0.2, -0.15) is 0 Å². The van der Waals surface area contributed by atoms with Crippen molar-refractivity contribution in [2.24, 2.45) is 57.2 Å². The molecule has 2 heterocycles. The number of carbonyl (C=O) groups excluding carboxylic acids is 2. The number of aromatic hydroxyl groups is 1. The molecule has 10 rings (SSSR count). The Labute approximate surface area is 406 Å². The van der Waals surface area contributed by atoms with Crippen LogP contribution in [0.3, 0.4) is 0 Å². The van der Waals surface area contributed by atoms with Crippen molar-refractivity contribution in [2.75, 3.05) is 32.9 Å². The van der Waals surface area contributed by atoms with Gasteiger partial charge in [-0.1, -0.05) is 70.7 Å². The van der Waals surface area contributed by atoms with E-state index >= 15 is 9.59 Å². The number of nitrogens with one attached hydrogen (secondary N) is 3. The molecule has 2 saturated heterocycles. The zero-order valence-corrected chi connectivity index (χ0v) is 42.6. The molecule has 8 aliphatic rings. The van der Waals surface area contributed by atoms with Crippen LogP contribution in [0.4, 0.5) is 5.69 Å². The maximum absolute atomic E-state index is 15.7. The number of fused-ring (bicyclic) bond motifs is 1. The normalized spacial score (nSPS) is 44.2. The number of aliphatic hydroxyl groups excluding tert-OH is 1. The summed E-state index contributed by atoms with van der Waals surface area (Å²) >= 11 is 0. The fourth-order valence-electron chi connectivity index (χ4n) is 18.6. The van der Waals surface area contributed by atoms with Crippen molar-refractivity contribution in [3.63, 3.8) is 0 Å². The average molecular weight is 933 g/mol. The molecule has 17 unspecified atom stereocenters. The summed E-state index contributed by atoms with van der Waals surface area (Å²) in [4.78, 5) is 31.3. The minimum atomic E-state index is -0.876. The van der Waals surface area contributed by atoms with Crippen molar-refractivity contribution in [3.05, 3.63) is 70.3 Å². The van der Waals surface area contributed by atoms with Gasteiger partial charge in [-0.05, 0) is 198 Å². The first-order valence-corrected chi connectivity index (χ1v) is 26.9. The van der Waals surface area contributed by atoms with Crippen molar-refractivity contribution < 1.29 is 29.6 Å². The van der Waals surface area contributed by atoms with E-state index in [0.717, 1.165) is 99.6 Å². The van der Waals surface area contributed by atoms with E-state index in [9.17, 15) is 15.3 Å². The molecule has 7 fully saturated rings. The van der Waals surface area contributed by atoms with Gasteiger partial charge in [0.05, 0.1) is 17.3 Å². The minimum absolute atomic E-state index is 0.0341. The number of hydrogen-bond acceptors (Lipinski definition) is 10. The quantitative estimate of drug-likeness (QED) is 0.0855. The molecule has 10 nitrogen and oxygen atoms in total. The summed E-state index contributed by atoms with van der Waals surface area (Å²) in [6.07, 6.45) is 11.2. The van der Waals surface area contributed by atoms with E-state index in [0.29, 0.717) is 61.7 Å². The van der Waals surface area contributed by atoms with E-state index in [2.05, 4.69) is 68.8 Å². The van der Waals surface area contributed by atoms with Gasteiger partial charge in [0.25, 0.3) is 0 Å². The molecule has 372 valence electrons. The summed E-state index contributed by atoms with van der Waals surface area (Å²) in [7, 11) is 3.95. The van der Waals surface area contributed by atoms with Gasteiger partial charge in [0.2, 0.25) is 0 Å². The number of benzene rings is 2. The monoisotopic (exact) mass is 933 g/mol. The van der Waals surface area contributed by atoms with Crippen LogP contribution >= 0.6 is 0 Å². The highest BCUT2D eigenvalue weighted by Gasteiger charge is 2.76. The third-order valence-corrected chi connectivity index (χ3v) is 21.1. The van der Waals surface area contributed by atoms with Crippen LogP contribution in [0.25, 0.3) is 0 Å². The number of epoxide rings is 1. The molecule has 10 heteroatoms. The molecule has 0 aromatic heterocycles. The first kappa shape index (κ1) is 48.5. The number of ketones is 2. The highest BCUT2D eigenvalue weighted by molar-refractivity contribution is 6.03. The van der Waals surface area contributed by atoms with Crippen LogP contribution in [0.1, 0.15) is 160 Å². The summed E-state index contributed by atoms with van der Waals surface area (Å²) in [6.45, 7) is 15.5. The van der Waals surface area contributed by atoms with Crippen LogP contribution in [0.2, 0.25) is 0 Å². The summed E-state index contributed by atoms with van der Waals surface area (Å²) in [6, 6.07) is 14.1. The van der Waals surface area contributed by atoms with Crippen LogP contribution in [0.15, 0.2) is 53.6 Å². The summed E-state index contributed by atoms with van der Waals surface area (Å²) in [5.41, 5.74) is 9.63. The molecule has 1 spiro atoms. The number of nitrogens with two attached hydrogens (primary N) is 1. The number of Topliss-reactive ketones (excluding diaryl/α,β-unsaturated/α-hetero) is 2. The van der Waals surface area contributed by atoms with E-state index < -0.39 is 28.1 Å². The molecule has 5 saturated carbocycles. The molecular weight excluding hydrogens is 849 g/mol. The number of β-amino-alcohol motifs (C(OH)–C–C–N with tert-alkyl or cyclic N) is 1. The van der Waals surface area contributed by atoms with Gasteiger partial charge in [-0.3, -0.25) is 9.59 Å². The second-order valence-electron chi connectivity index (χ2n) is 25.2. The average Bonchev–Trinajstić information content (AvgIpc) is 3.61. The van der Waals surface area contributed by atoms with Crippen LogP contribution in [-0.4, -0.2) is 83.5 Å². The van der Waals surface area contributed by atoms with Gasteiger partial charge in [0.15, 0.2) is 5.78 Å². The highest BCUT2D eigenvalue weighted by Crippen LogP contribution is 2.79. The van der Waals surface area contributed by atoms with Gasteiger partial charge in [0.1, 0.15) is 17.6 Å². The Balaban J connectivity index is 1.03. The SMILES string of the molecule is CNCc1cc(O)cc(C2CC3(C)C4C(CC56CC(CNC)CC7C(=O)C(C(C)CC(O)C8OC8(C)C8CCCC8c8cccc(N)c8)=C(CCC35)C76C)NCC(C)(O)CCCCC4(C)C2=O)c1. The summed E-state index contributed by atoms with van der Waals surface area (Å²) in [5.74, 6) is 1.36. The second kappa shape index (κ2) is 17.3. The summed E-state index contributed by atoms with van der Waals surface area (Å²) < 4.78 is 6.61. The van der Waals surface area contributed by atoms with E-state index in [4.69, 9.17) is 10.5 Å². The number of nitrogen functional groups attached to an aromatic ring is 1. The summed E-state index contributed by atoms with van der Waals surface area (Å²) in [5, 5.41) is 46.1. The van der Waals surface area contributed by atoms with Gasteiger partial charge in [-0.15, -0.1) is 0 Å². The zero-order valence-electron chi connectivity index (χ0n) is 42.6. The standard InChI is InChI=1S/C58H84N4O6/c1-33(21-46(64)52-57(6,68-52)42-16-12-15-40(42)36-13-11-14-38(59)25-36)48-43-17-18-47-55(4)28-41(37-22-34(30-60-7)23-39(63)26-37)51(66)54(3)20-10-9-19-53(2,67)32-62-45(50(54)55)29-58(47)27-35(31-61-8)24-44(49(48)65)56(43,58)5/h11,13-14,22-23,25-26,33,35,40-42,44-47,50,52,60-64,67H,9-10,12,15-21,24,27-32,59H2,1-8H3. The predicted molar refractivity (Wildman–Crippen MR) is 268 cm³/mol. The molecule has 2 aromatic carbocycles. The van der Waals surface area contributed by atoms with Gasteiger partial charge in [-0.25, -0.2) is 0 Å². The third kappa shape index (κ3) is 7.44. The Bertz CT molecular complexity index is 2330. The fraction of sp³-hybridized carbons (Fsp3) is 0.724. The zero-order chi connectivity index (χ0) is 48.3. The number of phenolic OH excluding ortho intramolecular Hbond substituents is 1. The third-order valence-electron chi connectivity index (χ3n) is 21.1. The maximum Gasteiger partial charge on any atom is 0.163 e. The van der Waals surface area contributed by atoms with Crippen molar-refractivity contribution in [1.82, 2.24) is 16.0 Å². The highest BCUT2D eigenvalue weighted by atomic mass is 16.6. The van der Waals surface area contributed by atoms with E-state index in [1.54, 1.807) is 0 Å². The molecule has 0 amide bonds. The Morgan fingerprint density at radius 2 is 1.71 bits per heavy atom. The number of phenols is 1. The first-order chi connectivity index (χ1) is 32.2. The van der Waals surface area contributed by atoms with E-state index in [1.807, 2.05) is 45.3 Å². The van der Waals surface area contributed by atoms with Crippen LogP contribution in [-0.2, 0) is 20.9 Å². The Hall–Kier alpha value is -3.12. The van der Waals surface area contributed by atoms with Gasteiger partial charge < -0.3 is 41.7 Å². The molecule has 2 aliphatic heterocycles. The van der Waals surface area contributed by atoms with Crippen LogP contribution in [0, 0.1) is 57.2 Å². The molecule has 17 atom stereocenters. The lowest BCUT2D eigenvalue weighted by Gasteiger charge is -2.74. The fourth-order valence-corrected chi connectivity index (χ4v) is 18.6. The van der Waals surface area contributed by atoms with Gasteiger partial charge in [0, 0.05) is 47.5 Å². The minimum Gasteiger partial charge on any atom is -0.508 e. The molecule has 68 heavy (non-hydrogen) atoms. The first-order valence-electron chi connectivity index (χ1n) is 26.9. The van der Waals surface area contributed by atoms with Crippen molar-refractivity contribution in [3.8, 4) is 5.75 Å². The number of aliphatic hydroxyl groups is 2. The Morgan fingerprint density at radius 1 is 0.926 bits per heavy atom. The van der Waals surface area contributed by atoms with E-state index in [-0.39, 0.29) is 58.3 Å². The number of rotatable bonds is 11. The van der Waals surface area contributed by atoms with Crippen LogP contribution < -0.4 is 21.7 Å². The lowest BCUT2D eigenvalue weighted by atomic mass is 9.30. The molecule has 2 aromatic rings. The molecule has 0 bridgehead atoms. The number of anilines is 1. The molecule has 0 radical (unpaired) electrons. The molecule has 8 N–H and O–H groups in total. The van der Waals surface area contributed by atoms with Crippen molar-refractivity contribution >= 4 is 17.3 Å². The molecule has 6 aliphatic carbocycles. The number of hydrogen-bond donors (Lipinski definition) is 7. The lowest BCUT2D eigenvalue weighted by Crippen LogP contribution is -2.73. The van der Waals surface area contributed by atoms with Crippen LogP contribution in [0.5, 0.6) is 5.75 Å². The number of ether oxygens (including phenoxy) is 1. The lowest BCUT2D eigenvalue weighted by molar-refractivity contribution is -0.225. The number of carbonyl (C=O) groups is 2. The maximum atomic E-state index is 15.7. The smallest absolute Gasteiger partial charge is 0.163 e. The van der Waals surface area contributed by atoms with E-state index in [1.165, 1.54) is 11.1 Å². The second-order valence-corrected chi connectivity index (χ2v) is 25.2. The topological polar surface area (TPSA) is 169 Å². The Kier molecular flexibility index (Phi) is 12.3. The van der Waals surface area contributed by atoms with Gasteiger partial charge >= 0.3 is 0 Å². The largest absolute Gasteiger partial charge is 0.508 e.